The normalized spacial score (nSPS) is 15.8. The standard InChI is InChI=1S/C28H30N2O7S/c1-18-3-7-21(29-26(33)28(11-12-28)20-6-10-24-25(13-20)37-17-36-24)14-23(18)19-4-8-22(9-5-19)38(34,35)30-27(2,15-31)16-32/h3-10,13-14,30-32H,11-12,15-17H2,1-2H3,(H,29,33). The molecule has 0 unspecified atom stereocenters. The van der Waals surface area contributed by atoms with Crippen molar-refractivity contribution in [3.05, 3.63) is 71.8 Å². The minimum absolute atomic E-state index is 0.0101. The Labute approximate surface area is 221 Å². The number of hydrogen-bond donors (Lipinski definition) is 4. The Balaban J connectivity index is 1.35. The number of amides is 1. The molecular formula is C28H30N2O7S. The number of rotatable bonds is 9. The van der Waals surface area contributed by atoms with Gasteiger partial charge in [-0.15, -0.1) is 0 Å². The van der Waals surface area contributed by atoms with Crippen LogP contribution in [0.5, 0.6) is 11.5 Å². The van der Waals surface area contributed by atoms with Crippen molar-refractivity contribution in [3.8, 4) is 22.6 Å². The van der Waals surface area contributed by atoms with E-state index >= 15 is 0 Å². The van der Waals surface area contributed by atoms with E-state index < -0.39 is 34.2 Å². The van der Waals surface area contributed by atoms with Crippen molar-refractivity contribution in [2.45, 2.75) is 42.5 Å². The summed E-state index contributed by atoms with van der Waals surface area (Å²) >= 11 is 0. The number of carbonyl (C=O) groups is 1. The van der Waals surface area contributed by atoms with E-state index in [1.54, 1.807) is 12.1 Å². The molecule has 1 aliphatic heterocycles. The molecule has 1 saturated carbocycles. The van der Waals surface area contributed by atoms with E-state index in [9.17, 15) is 23.4 Å². The second-order valence-corrected chi connectivity index (χ2v) is 11.8. The maximum absolute atomic E-state index is 13.4. The Hall–Kier alpha value is -3.44. The van der Waals surface area contributed by atoms with Gasteiger partial charge in [-0.3, -0.25) is 4.79 Å². The summed E-state index contributed by atoms with van der Waals surface area (Å²) in [5.74, 6) is 1.24. The summed E-state index contributed by atoms with van der Waals surface area (Å²) in [6, 6.07) is 17.6. The smallest absolute Gasteiger partial charge is 0.241 e. The van der Waals surface area contributed by atoms with Gasteiger partial charge < -0.3 is 25.0 Å². The minimum atomic E-state index is -3.96. The number of ether oxygens (including phenoxy) is 2. The zero-order valence-electron chi connectivity index (χ0n) is 21.2. The predicted octanol–water partition coefficient (Wildman–Crippen LogP) is 3.08. The van der Waals surface area contributed by atoms with E-state index in [1.165, 1.54) is 19.1 Å². The maximum Gasteiger partial charge on any atom is 0.241 e. The molecule has 1 heterocycles. The van der Waals surface area contributed by atoms with Crippen LogP contribution in [0.1, 0.15) is 30.9 Å². The highest BCUT2D eigenvalue weighted by atomic mass is 32.2. The van der Waals surface area contributed by atoms with Gasteiger partial charge in [0.25, 0.3) is 0 Å². The molecule has 3 aromatic carbocycles. The molecule has 4 N–H and O–H groups in total. The largest absolute Gasteiger partial charge is 0.454 e. The molecule has 0 aromatic heterocycles. The number of nitrogens with one attached hydrogen (secondary N) is 2. The Bertz CT molecular complexity index is 1480. The molecule has 0 bridgehead atoms. The molecule has 0 atom stereocenters. The van der Waals surface area contributed by atoms with Crippen LogP contribution in [0, 0.1) is 6.92 Å². The first kappa shape index (κ1) is 26.2. The lowest BCUT2D eigenvalue weighted by atomic mass is 9.94. The van der Waals surface area contributed by atoms with Crippen molar-refractivity contribution in [3.63, 3.8) is 0 Å². The van der Waals surface area contributed by atoms with Gasteiger partial charge in [-0.1, -0.05) is 24.3 Å². The number of benzene rings is 3. The van der Waals surface area contributed by atoms with Crippen LogP contribution in [0.25, 0.3) is 11.1 Å². The van der Waals surface area contributed by atoms with Crippen molar-refractivity contribution in [1.82, 2.24) is 4.72 Å². The molecule has 3 aromatic rings. The fourth-order valence-electron chi connectivity index (χ4n) is 4.54. The third-order valence-corrected chi connectivity index (χ3v) is 8.81. The molecule has 2 aliphatic rings. The van der Waals surface area contributed by atoms with Crippen LogP contribution in [0.2, 0.25) is 0 Å². The monoisotopic (exact) mass is 538 g/mol. The summed E-state index contributed by atoms with van der Waals surface area (Å²) in [4.78, 5) is 13.4. The lowest BCUT2D eigenvalue weighted by molar-refractivity contribution is -0.118. The summed E-state index contributed by atoms with van der Waals surface area (Å²) in [6.45, 7) is 2.44. The van der Waals surface area contributed by atoms with E-state index in [4.69, 9.17) is 9.47 Å². The van der Waals surface area contributed by atoms with Crippen LogP contribution in [0.3, 0.4) is 0 Å². The van der Waals surface area contributed by atoms with E-state index in [1.807, 2.05) is 43.3 Å². The van der Waals surface area contributed by atoms with Crippen molar-refractivity contribution < 1.29 is 32.9 Å². The van der Waals surface area contributed by atoms with Gasteiger partial charge in [0.1, 0.15) is 0 Å². The number of aliphatic hydroxyl groups is 2. The predicted molar refractivity (Wildman–Crippen MR) is 142 cm³/mol. The third-order valence-electron chi connectivity index (χ3n) is 7.16. The molecule has 38 heavy (non-hydrogen) atoms. The summed E-state index contributed by atoms with van der Waals surface area (Å²) in [5.41, 5.74) is 2.15. The van der Waals surface area contributed by atoms with Crippen molar-refractivity contribution >= 4 is 21.6 Å². The zero-order valence-corrected chi connectivity index (χ0v) is 22.0. The van der Waals surface area contributed by atoms with Gasteiger partial charge in [-0.2, -0.15) is 0 Å². The van der Waals surface area contributed by atoms with Gasteiger partial charge in [0, 0.05) is 5.69 Å². The number of hydrogen-bond acceptors (Lipinski definition) is 7. The topological polar surface area (TPSA) is 134 Å². The molecule has 1 amide bonds. The third kappa shape index (κ3) is 4.88. The zero-order chi connectivity index (χ0) is 27.1. The molecule has 9 nitrogen and oxygen atoms in total. The lowest BCUT2D eigenvalue weighted by Crippen LogP contribution is -2.51. The number of sulfonamides is 1. The van der Waals surface area contributed by atoms with Crippen molar-refractivity contribution in [1.29, 1.82) is 0 Å². The molecule has 200 valence electrons. The van der Waals surface area contributed by atoms with Crippen LogP contribution >= 0.6 is 0 Å². The fourth-order valence-corrected chi connectivity index (χ4v) is 5.93. The molecule has 0 saturated heterocycles. The van der Waals surface area contributed by atoms with Gasteiger partial charge in [0.15, 0.2) is 11.5 Å². The highest BCUT2D eigenvalue weighted by molar-refractivity contribution is 7.89. The second-order valence-electron chi connectivity index (χ2n) is 10.1. The van der Waals surface area contributed by atoms with Gasteiger partial charge in [-0.05, 0) is 85.3 Å². The van der Waals surface area contributed by atoms with E-state index in [2.05, 4.69) is 10.0 Å². The lowest BCUT2D eigenvalue weighted by Gasteiger charge is -2.25. The number of aliphatic hydroxyl groups excluding tert-OH is 2. The van der Waals surface area contributed by atoms with Gasteiger partial charge in [0.2, 0.25) is 22.7 Å². The number of fused-ring (bicyclic) bond motifs is 1. The average Bonchev–Trinajstić information content (AvgIpc) is 3.60. The van der Waals surface area contributed by atoms with Crippen LogP contribution < -0.4 is 19.5 Å². The number of aryl methyl sites for hydroxylation is 1. The SMILES string of the molecule is Cc1ccc(NC(=O)C2(c3ccc4c(c3)OCO4)CC2)cc1-c1ccc(S(=O)(=O)NC(C)(CO)CO)cc1. The van der Waals surface area contributed by atoms with Crippen LogP contribution in [0.4, 0.5) is 5.69 Å². The van der Waals surface area contributed by atoms with E-state index in [-0.39, 0.29) is 17.6 Å². The summed E-state index contributed by atoms with van der Waals surface area (Å²) in [5, 5.41) is 21.9. The maximum atomic E-state index is 13.4. The van der Waals surface area contributed by atoms with Crippen LogP contribution in [-0.4, -0.2) is 50.1 Å². The first-order valence-corrected chi connectivity index (χ1v) is 13.8. The van der Waals surface area contributed by atoms with Crippen LogP contribution in [0.15, 0.2) is 65.6 Å². The molecule has 1 fully saturated rings. The Kier molecular flexibility index (Phi) is 6.68. The van der Waals surface area contributed by atoms with E-state index in [0.29, 0.717) is 17.2 Å². The van der Waals surface area contributed by atoms with Crippen molar-refractivity contribution in [2.24, 2.45) is 0 Å². The average molecular weight is 539 g/mol. The van der Waals surface area contributed by atoms with Gasteiger partial charge in [-0.25, -0.2) is 13.1 Å². The highest BCUT2D eigenvalue weighted by Gasteiger charge is 2.51. The molecule has 5 rings (SSSR count). The van der Waals surface area contributed by atoms with Gasteiger partial charge in [0.05, 0.1) is 29.1 Å². The van der Waals surface area contributed by atoms with E-state index in [0.717, 1.165) is 35.1 Å². The number of anilines is 1. The first-order chi connectivity index (χ1) is 18.1. The Morgan fingerprint density at radius 2 is 1.66 bits per heavy atom. The highest BCUT2D eigenvalue weighted by Crippen LogP contribution is 2.51. The Morgan fingerprint density at radius 3 is 2.32 bits per heavy atom. The first-order valence-electron chi connectivity index (χ1n) is 12.3. The summed E-state index contributed by atoms with van der Waals surface area (Å²) in [7, 11) is -3.96. The van der Waals surface area contributed by atoms with Crippen LogP contribution in [-0.2, 0) is 20.2 Å². The van der Waals surface area contributed by atoms with Crippen molar-refractivity contribution in [2.75, 3.05) is 25.3 Å². The number of carbonyl (C=O) groups excluding carboxylic acids is 1. The quantitative estimate of drug-likeness (QED) is 0.329. The van der Waals surface area contributed by atoms with Gasteiger partial charge >= 0.3 is 0 Å². The molecule has 0 radical (unpaired) electrons. The minimum Gasteiger partial charge on any atom is -0.454 e. The fraction of sp³-hybridized carbons (Fsp3) is 0.321. The summed E-state index contributed by atoms with van der Waals surface area (Å²) < 4.78 is 38.7. The molecule has 0 spiro atoms. The second kappa shape index (κ2) is 9.70. The molecular weight excluding hydrogens is 508 g/mol. The molecule has 1 aliphatic carbocycles. The summed E-state index contributed by atoms with van der Waals surface area (Å²) in [6.07, 6.45) is 1.49. The molecule has 10 heteroatoms. The Morgan fingerprint density at radius 1 is 0.974 bits per heavy atom.